The second kappa shape index (κ2) is 7.84. The first-order valence-corrected chi connectivity index (χ1v) is 8.91. The van der Waals surface area contributed by atoms with Crippen molar-refractivity contribution < 1.29 is 0 Å². The van der Waals surface area contributed by atoms with Gasteiger partial charge in [-0.2, -0.15) is 0 Å². The van der Waals surface area contributed by atoms with Gasteiger partial charge in [-0.15, -0.1) is 0 Å². The molecule has 5 nitrogen and oxygen atoms in total. The number of hydrogen-bond acceptors (Lipinski definition) is 6. The van der Waals surface area contributed by atoms with Crippen molar-refractivity contribution in [1.29, 1.82) is 0 Å². The van der Waals surface area contributed by atoms with Gasteiger partial charge in [0.2, 0.25) is 0 Å². The summed E-state index contributed by atoms with van der Waals surface area (Å²) in [7, 11) is 4.33. The van der Waals surface area contributed by atoms with Crippen molar-refractivity contribution in [1.82, 2.24) is 14.9 Å². The van der Waals surface area contributed by atoms with Crippen LogP contribution in [0.2, 0.25) is 0 Å². The molecule has 1 saturated heterocycles. The molecule has 1 fully saturated rings. The van der Waals surface area contributed by atoms with Gasteiger partial charge in [-0.3, -0.25) is 0 Å². The zero-order valence-electron chi connectivity index (χ0n) is 13.6. The summed E-state index contributed by atoms with van der Waals surface area (Å²) >= 11 is 1.59. The average Bonchev–Trinajstić information content (AvgIpc) is 2.89. The SMILES string of the molecule is CCCNc1cc(N(C)CC2CCN(C)C2)nc(SC)n1. The molecule has 0 saturated carbocycles. The van der Waals surface area contributed by atoms with E-state index >= 15 is 0 Å². The van der Waals surface area contributed by atoms with Crippen LogP contribution in [-0.4, -0.2) is 61.4 Å². The zero-order valence-corrected chi connectivity index (χ0v) is 14.4. The maximum Gasteiger partial charge on any atom is 0.191 e. The molecule has 2 rings (SSSR count). The Morgan fingerprint density at radius 3 is 2.90 bits per heavy atom. The Bertz CT molecular complexity index is 454. The van der Waals surface area contributed by atoms with Gasteiger partial charge in [0.15, 0.2) is 5.16 Å². The molecule has 1 unspecified atom stereocenters. The molecule has 0 radical (unpaired) electrons. The molecular weight excluding hydrogens is 282 g/mol. The Kier molecular flexibility index (Phi) is 6.11. The molecule has 118 valence electrons. The summed E-state index contributed by atoms with van der Waals surface area (Å²) in [5, 5.41) is 4.20. The number of likely N-dealkylation sites (tertiary alicyclic amines) is 1. The van der Waals surface area contributed by atoms with E-state index < -0.39 is 0 Å². The monoisotopic (exact) mass is 309 g/mol. The summed E-state index contributed by atoms with van der Waals surface area (Å²) in [6.45, 7) is 6.56. The molecule has 6 heteroatoms. The quantitative estimate of drug-likeness (QED) is 0.616. The molecule has 1 N–H and O–H groups in total. The number of hydrogen-bond donors (Lipinski definition) is 1. The first-order chi connectivity index (χ1) is 10.1. The van der Waals surface area contributed by atoms with Crippen LogP contribution in [0.25, 0.3) is 0 Å². The maximum absolute atomic E-state index is 4.65. The lowest BCUT2D eigenvalue weighted by Gasteiger charge is -2.23. The van der Waals surface area contributed by atoms with Crippen LogP contribution in [0.4, 0.5) is 11.6 Å². The summed E-state index contributed by atoms with van der Waals surface area (Å²) < 4.78 is 0. The number of nitrogens with one attached hydrogen (secondary N) is 1. The largest absolute Gasteiger partial charge is 0.370 e. The van der Waals surface area contributed by atoms with E-state index in [4.69, 9.17) is 0 Å². The zero-order chi connectivity index (χ0) is 15.2. The summed E-state index contributed by atoms with van der Waals surface area (Å²) in [4.78, 5) is 13.8. The number of nitrogens with zero attached hydrogens (tertiary/aromatic N) is 4. The molecule has 1 atom stereocenters. The summed E-state index contributed by atoms with van der Waals surface area (Å²) in [5.41, 5.74) is 0. The van der Waals surface area contributed by atoms with Crippen LogP contribution >= 0.6 is 11.8 Å². The fourth-order valence-electron chi connectivity index (χ4n) is 2.70. The second-order valence-electron chi connectivity index (χ2n) is 5.82. The van der Waals surface area contributed by atoms with Gasteiger partial charge in [-0.05, 0) is 38.6 Å². The van der Waals surface area contributed by atoms with Crippen molar-refractivity contribution in [3.63, 3.8) is 0 Å². The molecule has 0 aromatic carbocycles. The Hall–Kier alpha value is -1.01. The average molecular weight is 309 g/mol. The molecule has 21 heavy (non-hydrogen) atoms. The van der Waals surface area contributed by atoms with Crippen LogP contribution in [0, 0.1) is 5.92 Å². The highest BCUT2D eigenvalue weighted by molar-refractivity contribution is 7.98. The van der Waals surface area contributed by atoms with Gasteiger partial charge in [0.1, 0.15) is 11.6 Å². The summed E-state index contributed by atoms with van der Waals surface area (Å²) in [6, 6.07) is 2.06. The Morgan fingerprint density at radius 1 is 1.48 bits per heavy atom. The van der Waals surface area contributed by atoms with Crippen molar-refractivity contribution in [2.45, 2.75) is 24.9 Å². The van der Waals surface area contributed by atoms with Gasteiger partial charge in [-0.1, -0.05) is 18.7 Å². The van der Waals surface area contributed by atoms with E-state index in [1.54, 1.807) is 11.8 Å². The molecule has 0 amide bonds. The Balaban J connectivity index is 2.05. The van der Waals surface area contributed by atoms with E-state index in [0.29, 0.717) is 0 Å². The van der Waals surface area contributed by atoms with E-state index in [1.165, 1.54) is 19.5 Å². The molecule has 0 bridgehead atoms. The molecule has 1 aromatic rings. The third-order valence-electron chi connectivity index (χ3n) is 3.84. The Morgan fingerprint density at radius 2 is 2.29 bits per heavy atom. The molecule has 2 heterocycles. The lowest BCUT2D eigenvalue weighted by atomic mass is 10.1. The van der Waals surface area contributed by atoms with Crippen LogP contribution in [0.15, 0.2) is 11.2 Å². The highest BCUT2D eigenvalue weighted by Crippen LogP contribution is 2.22. The molecule has 1 aromatic heterocycles. The second-order valence-corrected chi connectivity index (χ2v) is 6.60. The van der Waals surface area contributed by atoms with E-state index in [1.807, 2.05) is 6.26 Å². The van der Waals surface area contributed by atoms with Crippen molar-refractivity contribution in [3.05, 3.63) is 6.07 Å². The van der Waals surface area contributed by atoms with Crippen LogP contribution < -0.4 is 10.2 Å². The fraction of sp³-hybridized carbons (Fsp3) is 0.733. The number of aromatic nitrogens is 2. The van der Waals surface area contributed by atoms with Gasteiger partial charge in [0.05, 0.1) is 0 Å². The molecule has 0 aliphatic carbocycles. The van der Waals surface area contributed by atoms with Gasteiger partial charge >= 0.3 is 0 Å². The van der Waals surface area contributed by atoms with E-state index in [9.17, 15) is 0 Å². The van der Waals surface area contributed by atoms with Gasteiger partial charge < -0.3 is 15.1 Å². The first-order valence-electron chi connectivity index (χ1n) is 7.69. The normalized spacial score (nSPS) is 19.0. The highest BCUT2D eigenvalue weighted by Gasteiger charge is 2.21. The lowest BCUT2D eigenvalue weighted by Crippen LogP contribution is -2.28. The maximum atomic E-state index is 4.65. The fourth-order valence-corrected chi connectivity index (χ4v) is 3.07. The van der Waals surface area contributed by atoms with Crippen molar-refractivity contribution >= 4 is 23.4 Å². The summed E-state index contributed by atoms with van der Waals surface area (Å²) in [6.07, 6.45) is 4.40. The van der Waals surface area contributed by atoms with Crippen LogP contribution in [0.5, 0.6) is 0 Å². The molecule has 1 aliphatic heterocycles. The van der Waals surface area contributed by atoms with Crippen molar-refractivity contribution in [2.24, 2.45) is 5.92 Å². The lowest BCUT2D eigenvalue weighted by molar-refractivity contribution is 0.395. The minimum atomic E-state index is 0.736. The van der Waals surface area contributed by atoms with Crippen molar-refractivity contribution in [2.75, 3.05) is 56.7 Å². The molecule has 1 aliphatic rings. The predicted molar refractivity (Wildman–Crippen MR) is 91.5 cm³/mol. The van der Waals surface area contributed by atoms with Gasteiger partial charge in [0, 0.05) is 32.7 Å². The Labute approximate surface area is 132 Å². The molecular formula is C15H27N5S. The first kappa shape index (κ1) is 16.4. The van der Waals surface area contributed by atoms with E-state index in [-0.39, 0.29) is 0 Å². The van der Waals surface area contributed by atoms with Crippen LogP contribution in [-0.2, 0) is 0 Å². The topological polar surface area (TPSA) is 44.3 Å². The third kappa shape index (κ3) is 4.74. The van der Waals surface area contributed by atoms with E-state index in [0.717, 1.165) is 42.2 Å². The third-order valence-corrected chi connectivity index (χ3v) is 4.39. The number of rotatable bonds is 7. The molecule has 0 spiro atoms. The van der Waals surface area contributed by atoms with Crippen LogP contribution in [0.1, 0.15) is 19.8 Å². The minimum Gasteiger partial charge on any atom is -0.370 e. The number of thioether (sulfide) groups is 1. The standard InChI is InChI=1S/C15H27N5S/c1-5-7-16-13-9-14(18-15(17-13)21-4)20(3)11-12-6-8-19(2)10-12/h9,12H,5-8,10-11H2,1-4H3,(H,16,17,18). The predicted octanol–water partition coefficient (Wildman–Crippen LogP) is 2.41. The van der Waals surface area contributed by atoms with E-state index in [2.05, 4.69) is 52.2 Å². The van der Waals surface area contributed by atoms with Gasteiger partial charge in [-0.25, -0.2) is 9.97 Å². The van der Waals surface area contributed by atoms with Gasteiger partial charge in [0.25, 0.3) is 0 Å². The van der Waals surface area contributed by atoms with Crippen molar-refractivity contribution in [3.8, 4) is 0 Å². The number of anilines is 2. The smallest absolute Gasteiger partial charge is 0.191 e. The highest BCUT2D eigenvalue weighted by atomic mass is 32.2. The minimum absolute atomic E-state index is 0.736. The van der Waals surface area contributed by atoms with Crippen LogP contribution in [0.3, 0.4) is 0 Å². The summed E-state index contributed by atoms with van der Waals surface area (Å²) in [5.74, 6) is 2.68.